The molecule has 0 radical (unpaired) electrons. The number of fused-ring (bicyclic) bond motifs is 1. The van der Waals surface area contributed by atoms with Gasteiger partial charge in [-0.05, 0) is 18.2 Å². The lowest BCUT2D eigenvalue weighted by atomic mass is 10.1. The summed E-state index contributed by atoms with van der Waals surface area (Å²) >= 11 is 0. The lowest BCUT2D eigenvalue weighted by molar-refractivity contribution is -0.142. The van der Waals surface area contributed by atoms with Crippen LogP contribution in [0.15, 0.2) is 60.8 Å². The Balaban J connectivity index is 1.80. The van der Waals surface area contributed by atoms with Crippen molar-refractivity contribution in [2.75, 3.05) is 5.32 Å². The Labute approximate surface area is 155 Å². The van der Waals surface area contributed by atoms with Crippen LogP contribution in [0, 0.1) is 0 Å². The quantitative estimate of drug-likeness (QED) is 0.585. The van der Waals surface area contributed by atoms with Crippen molar-refractivity contribution >= 4 is 17.5 Å². The highest BCUT2D eigenvalue weighted by molar-refractivity contribution is 6.01. The molecular weight excluding hydrogens is 373 g/mol. The molecule has 10 heteroatoms. The van der Waals surface area contributed by atoms with Crippen LogP contribution in [0.25, 0.3) is 17.0 Å². The number of hydrogen-bond donors (Lipinski definition) is 1. The Bertz CT molecular complexity index is 1140. The first-order valence-corrected chi connectivity index (χ1v) is 8.04. The smallest absolute Gasteiger partial charge is 0.304 e. The zero-order chi connectivity index (χ0) is 19.7. The Hall–Kier alpha value is -3.82. The van der Waals surface area contributed by atoms with Crippen LogP contribution in [0.3, 0.4) is 0 Å². The summed E-state index contributed by atoms with van der Waals surface area (Å²) in [4.78, 5) is 24.2. The minimum atomic E-state index is -4.72. The Kier molecular flexibility index (Phi) is 4.22. The molecule has 0 saturated carbocycles. The van der Waals surface area contributed by atoms with Gasteiger partial charge in [0.1, 0.15) is 5.82 Å². The minimum Gasteiger partial charge on any atom is -0.304 e. The summed E-state index contributed by atoms with van der Waals surface area (Å²) < 4.78 is 41.1. The zero-order valence-electron chi connectivity index (χ0n) is 14.1. The number of carbonyl (C=O) groups is 1. The second-order valence-electron chi connectivity index (χ2n) is 5.71. The predicted molar refractivity (Wildman–Crippen MR) is 93.4 cm³/mol. The van der Waals surface area contributed by atoms with Crippen molar-refractivity contribution in [2.45, 2.75) is 6.18 Å². The number of aromatic nitrogens is 5. The van der Waals surface area contributed by atoms with Gasteiger partial charge in [0, 0.05) is 11.8 Å². The number of halogens is 3. The first kappa shape index (κ1) is 17.6. The standard InChI is InChI=1S/C18H11F3N6O/c19-18(20,21)13-10-12(11-6-2-1-3-7-11)23-17-25-15(26-27(13)17)16(28)24-14-8-4-5-9-22-14/h1-10H,(H,22,24,28). The van der Waals surface area contributed by atoms with Crippen LogP contribution in [0.4, 0.5) is 19.0 Å². The molecule has 0 saturated heterocycles. The van der Waals surface area contributed by atoms with Crippen molar-refractivity contribution < 1.29 is 18.0 Å². The fourth-order valence-corrected chi connectivity index (χ4v) is 2.53. The topological polar surface area (TPSA) is 85.1 Å². The second kappa shape index (κ2) is 6.72. The number of amides is 1. The average Bonchev–Trinajstić information content (AvgIpc) is 3.12. The van der Waals surface area contributed by atoms with E-state index >= 15 is 0 Å². The van der Waals surface area contributed by atoms with Crippen LogP contribution in [-0.2, 0) is 6.18 Å². The van der Waals surface area contributed by atoms with Gasteiger partial charge in [0.25, 0.3) is 11.7 Å². The second-order valence-corrected chi connectivity index (χ2v) is 5.71. The predicted octanol–water partition coefficient (Wildman–Crippen LogP) is 3.46. The summed E-state index contributed by atoms with van der Waals surface area (Å²) in [5.41, 5.74) is -0.525. The maximum Gasteiger partial charge on any atom is 0.433 e. The van der Waals surface area contributed by atoms with Crippen molar-refractivity contribution in [3.05, 3.63) is 72.3 Å². The highest BCUT2D eigenvalue weighted by atomic mass is 19.4. The lowest BCUT2D eigenvalue weighted by Crippen LogP contribution is -2.16. The van der Waals surface area contributed by atoms with Crippen LogP contribution in [-0.4, -0.2) is 30.5 Å². The van der Waals surface area contributed by atoms with Gasteiger partial charge in [-0.15, -0.1) is 5.10 Å². The van der Waals surface area contributed by atoms with Crippen molar-refractivity contribution in [1.82, 2.24) is 24.6 Å². The van der Waals surface area contributed by atoms with E-state index in [-0.39, 0.29) is 17.3 Å². The number of benzene rings is 1. The Morgan fingerprint density at radius 3 is 2.43 bits per heavy atom. The Morgan fingerprint density at radius 2 is 1.75 bits per heavy atom. The highest BCUT2D eigenvalue weighted by Gasteiger charge is 2.36. The third-order valence-electron chi connectivity index (χ3n) is 3.78. The van der Waals surface area contributed by atoms with Crippen molar-refractivity contribution in [3.8, 4) is 11.3 Å². The van der Waals surface area contributed by atoms with Gasteiger partial charge in [-0.1, -0.05) is 36.4 Å². The molecule has 0 atom stereocenters. The van der Waals surface area contributed by atoms with E-state index in [4.69, 9.17) is 0 Å². The molecule has 28 heavy (non-hydrogen) atoms. The molecule has 3 aromatic heterocycles. The fraction of sp³-hybridized carbons (Fsp3) is 0.0556. The van der Waals surface area contributed by atoms with Gasteiger partial charge in [0.2, 0.25) is 5.82 Å². The van der Waals surface area contributed by atoms with Gasteiger partial charge >= 0.3 is 6.18 Å². The molecule has 0 aliphatic heterocycles. The molecule has 0 aliphatic rings. The molecule has 1 N–H and O–H groups in total. The first-order chi connectivity index (χ1) is 13.4. The normalized spacial score (nSPS) is 11.5. The van der Waals surface area contributed by atoms with Crippen molar-refractivity contribution in [2.24, 2.45) is 0 Å². The van der Waals surface area contributed by atoms with Gasteiger partial charge in [-0.2, -0.15) is 22.7 Å². The van der Waals surface area contributed by atoms with Gasteiger partial charge in [-0.25, -0.2) is 9.97 Å². The number of pyridine rings is 1. The molecule has 1 aromatic carbocycles. The van der Waals surface area contributed by atoms with Crippen LogP contribution in [0.5, 0.6) is 0 Å². The number of nitrogens with one attached hydrogen (secondary N) is 1. The van der Waals surface area contributed by atoms with E-state index in [1.807, 2.05) is 0 Å². The molecule has 3 heterocycles. The van der Waals surface area contributed by atoms with Crippen molar-refractivity contribution in [1.29, 1.82) is 0 Å². The monoisotopic (exact) mass is 384 g/mol. The number of anilines is 1. The number of alkyl halides is 3. The van der Waals surface area contributed by atoms with Crippen LogP contribution >= 0.6 is 0 Å². The summed E-state index contributed by atoms with van der Waals surface area (Å²) in [6, 6.07) is 14.1. The van der Waals surface area contributed by atoms with E-state index in [2.05, 4.69) is 25.4 Å². The van der Waals surface area contributed by atoms with Gasteiger partial charge in [0.05, 0.1) is 5.69 Å². The van der Waals surface area contributed by atoms with E-state index < -0.39 is 23.6 Å². The molecule has 4 aromatic rings. The molecule has 0 fully saturated rings. The minimum absolute atomic E-state index is 0.0736. The fourth-order valence-electron chi connectivity index (χ4n) is 2.53. The van der Waals surface area contributed by atoms with Crippen LogP contribution in [0.1, 0.15) is 16.3 Å². The lowest BCUT2D eigenvalue weighted by Gasteiger charge is -2.10. The van der Waals surface area contributed by atoms with E-state index in [9.17, 15) is 18.0 Å². The van der Waals surface area contributed by atoms with E-state index in [1.165, 1.54) is 12.3 Å². The molecule has 0 bridgehead atoms. The molecule has 7 nitrogen and oxygen atoms in total. The molecule has 0 spiro atoms. The molecule has 0 aliphatic carbocycles. The molecular formula is C18H11F3N6O. The number of nitrogens with zero attached hydrogens (tertiary/aromatic N) is 5. The molecule has 1 amide bonds. The summed E-state index contributed by atoms with van der Waals surface area (Å²) in [6.45, 7) is 0. The SMILES string of the molecule is O=C(Nc1ccccn1)c1nc2nc(-c3ccccc3)cc(C(F)(F)F)n2n1. The number of hydrogen-bond acceptors (Lipinski definition) is 5. The average molecular weight is 384 g/mol. The van der Waals surface area contributed by atoms with Gasteiger partial charge < -0.3 is 5.32 Å². The van der Waals surface area contributed by atoms with Gasteiger partial charge in [0.15, 0.2) is 5.69 Å². The van der Waals surface area contributed by atoms with E-state index in [1.54, 1.807) is 42.5 Å². The zero-order valence-corrected chi connectivity index (χ0v) is 14.1. The maximum atomic E-state index is 13.5. The Morgan fingerprint density at radius 1 is 1.00 bits per heavy atom. The molecule has 0 unspecified atom stereocenters. The third-order valence-corrected chi connectivity index (χ3v) is 3.78. The summed E-state index contributed by atoms with van der Waals surface area (Å²) in [6.07, 6.45) is -3.25. The van der Waals surface area contributed by atoms with E-state index in [0.717, 1.165) is 6.07 Å². The largest absolute Gasteiger partial charge is 0.433 e. The highest BCUT2D eigenvalue weighted by Crippen LogP contribution is 2.31. The maximum absolute atomic E-state index is 13.5. The number of carbonyl (C=O) groups excluding carboxylic acids is 1. The molecule has 140 valence electrons. The van der Waals surface area contributed by atoms with Crippen LogP contribution in [0.2, 0.25) is 0 Å². The summed E-state index contributed by atoms with van der Waals surface area (Å²) in [5, 5.41) is 6.12. The van der Waals surface area contributed by atoms with Crippen LogP contribution < -0.4 is 5.32 Å². The first-order valence-electron chi connectivity index (χ1n) is 8.04. The van der Waals surface area contributed by atoms with E-state index in [0.29, 0.717) is 10.1 Å². The van der Waals surface area contributed by atoms with Crippen molar-refractivity contribution in [3.63, 3.8) is 0 Å². The summed E-state index contributed by atoms with van der Waals surface area (Å²) in [5.74, 6) is -1.35. The van der Waals surface area contributed by atoms with Gasteiger partial charge in [-0.3, -0.25) is 4.79 Å². The summed E-state index contributed by atoms with van der Waals surface area (Å²) in [7, 11) is 0. The molecule has 4 rings (SSSR count). The number of rotatable bonds is 3. The third kappa shape index (κ3) is 3.39.